The molecule has 0 spiro atoms. The Bertz CT molecular complexity index is 1010. The van der Waals surface area contributed by atoms with E-state index in [9.17, 15) is 14.0 Å². The number of nitrogens with zero attached hydrogens (tertiary/aromatic N) is 2. The summed E-state index contributed by atoms with van der Waals surface area (Å²) in [5.74, 6) is -0.758. The van der Waals surface area contributed by atoms with Gasteiger partial charge in [-0.15, -0.1) is 0 Å². The molecule has 6 nitrogen and oxygen atoms in total. The van der Waals surface area contributed by atoms with Crippen LogP contribution >= 0.6 is 0 Å². The number of benzene rings is 2. The fraction of sp³-hybridized carbons (Fsp3) is 0.136. The lowest BCUT2D eigenvalue weighted by Crippen LogP contribution is -2.32. The minimum Gasteiger partial charge on any atom is -0.355 e. The second-order valence-corrected chi connectivity index (χ2v) is 6.33. The summed E-state index contributed by atoms with van der Waals surface area (Å²) in [6.45, 7) is 2.11. The highest BCUT2D eigenvalue weighted by atomic mass is 19.1. The Morgan fingerprint density at radius 2 is 1.72 bits per heavy atom. The molecule has 0 radical (unpaired) electrons. The Hall–Kier alpha value is -3.74. The van der Waals surface area contributed by atoms with Gasteiger partial charge in [0.2, 0.25) is 11.8 Å². The van der Waals surface area contributed by atoms with Crippen molar-refractivity contribution in [2.45, 2.75) is 6.92 Å². The van der Waals surface area contributed by atoms with Crippen LogP contribution in [0.2, 0.25) is 0 Å². The van der Waals surface area contributed by atoms with E-state index in [1.54, 1.807) is 22.9 Å². The lowest BCUT2D eigenvalue weighted by molar-refractivity contribution is -0.119. The molecule has 2 aromatic carbocycles. The van der Waals surface area contributed by atoms with Gasteiger partial charge in [-0.2, -0.15) is 5.10 Å². The van der Waals surface area contributed by atoms with Crippen molar-refractivity contribution >= 4 is 17.9 Å². The SMILES string of the molecule is CC(=O)NCCNC(=O)/C=C/c1cn(-c2ccccc2)nc1-c1ccc(F)cc1. The first-order valence-electron chi connectivity index (χ1n) is 9.14. The molecule has 0 aliphatic heterocycles. The summed E-state index contributed by atoms with van der Waals surface area (Å²) in [4.78, 5) is 22.9. The van der Waals surface area contributed by atoms with Crippen LogP contribution in [0, 0.1) is 5.82 Å². The number of aromatic nitrogens is 2. The predicted octanol–water partition coefficient (Wildman–Crippen LogP) is 2.94. The van der Waals surface area contributed by atoms with Gasteiger partial charge in [0.15, 0.2) is 0 Å². The summed E-state index contributed by atoms with van der Waals surface area (Å²) in [5, 5.41) is 9.92. The zero-order valence-electron chi connectivity index (χ0n) is 15.9. The fourth-order valence-electron chi connectivity index (χ4n) is 2.70. The van der Waals surface area contributed by atoms with Crippen LogP contribution in [0.5, 0.6) is 0 Å². The number of carbonyl (C=O) groups is 2. The fourth-order valence-corrected chi connectivity index (χ4v) is 2.70. The number of hydrogen-bond donors (Lipinski definition) is 2. The molecule has 7 heteroatoms. The summed E-state index contributed by atoms with van der Waals surface area (Å²) < 4.78 is 15.0. The third-order valence-electron chi connectivity index (χ3n) is 4.09. The molecule has 29 heavy (non-hydrogen) atoms. The van der Waals surface area contributed by atoms with Crippen LogP contribution < -0.4 is 10.6 Å². The third-order valence-corrected chi connectivity index (χ3v) is 4.09. The van der Waals surface area contributed by atoms with Crippen molar-refractivity contribution in [3.8, 4) is 16.9 Å². The molecule has 3 rings (SSSR count). The van der Waals surface area contributed by atoms with Gasteiger partial charge in [0.1, 0.15) is 5.82 Å². The molecular weight excluding hydrogens is 371 g/mol. The van der Waals surface area contributed by atoms with Gasteiger partial charge in [-0.25, -0.2) is 9.07 Å². The highest BCUT2D eigenvalue weighted by Gasteiger charge is 2.11. The van der Waals surface area contributed by atoms with Crippen LogP contribution in [0.3, 0.4) is 0 Å². The number of amides is 2. The Labute approximate surface area is 168 Å². The van der Waals surface area contributed by atoms with E-state index in [1.807, 2.05) is 36.5 Å². The second kappa shape index (κ2) is 9.45. The van der Waals surface area contributed by atoms with Crippen LogP contribution in [0.4, 0.5) is 4.39 Å². The van der Waals surface area contributed by atoms with Gasteiger partial charge in [0, 0.05) is 43.4 Å². The average Bonchev–Trinajstić information content (AvgIpc) is 3.15. The van der Waals surface area contributed by atoms with Gasteiger partial charge in [0.05, 0.1) is 11.4 Å². The van der Waals surface area contributed by atoms with Gasteiger partial charge in [0.25, 0.3) is 0 Å². The first-order valence-corrected chi connectivity index (χ1v) is 9.14. The van der Waals surface area contributed by atoms with E-state index >= 15 is 0 Å². The van der Waals surface area contributed by atoms with Crippen LogP contribution in [0.15, 0.2) is 66.9 Å². The van der Waals surface area contributed by atoms with E-state index in [4.69, 9.17) is 0 Å². The van der Waals surface area contributed by atoms with Crippen molar-refractivity contribution in [2.24, 2.45) is 0 Å². The minimum absolute atomic E-state index is 0.146. The van der Waals surface area contributed by atoms with E-state index in [0.29, 0.717) is 18.8 Å². The summed E-state index contributed by atoms with van der Waals surface area (Å²) >= 11 is 0. The zero-order chi connectivity index (χ0) is 20.6. The van der Waals surface area contributed by atoms with Crippen LogP contribution in [0.1, 0.15) is 12.5 Å². The number of nitrogens with one attached hydrogen (secondary N) is 2. The smallest absolute Gasteiger partial charge is 0.244 e. The highest BCUT2D eigenvalue weighted by molar-refractivity contribution is 5.92. The normalized spacial score (nSPS) is 10.8. The van der Waals surface area contributed by atoms with Crippen molar-refractivity contribution < 1.29 is 14.0 Å². The minimum atomic E-state index is -0.327. The van der Waals surface area contributed by atoms with Crippen LogP contribution in [0.25, 0.3) is 23.0 Å². The van der Waals surface area contributed by atoms with Crippen molar-refractivity contribution in [2.75, 3.05) is 13.1 Å². The van der Waals surface area contributed by atoms with Crippen molar-refractivity contribution in [1.82, 2.24) is 20.4 Å². The Kier molecular flexibility index (Phi) is 6.52. The van der Waals surface area contributed by atoms with E-state index in [2.05, 4.69) is 15.7 Å². The average molecular weight is 392 g/mol. The largest absolute Gasteiger partial charge is 0.355 e. The summed E-state index contributed by atoms with van der Waals surface area (Å²) in [5.41, 5.74) is 2.97. The van der Waals surface area contributed by atoms with Gasteiger partial charge in [-0.05, 0) is 42.5 Å². The maximum Gasteiger partial charge on any atom is 0.244 e. The van der Waals surface area contributed by atoms with Gasteiger partial charge in [-0.1, -0.05) is 18.2 Å². The molecule has 2 N–H and O–H groups in total. The number of hydrogen-bond acceptors (Lipinski definition) is 3. The summed E-state index contributed by atoms with van der Waals surface area (Å²) in [6, 6.07) is 15.6. The molecule has 0 saturated heterocycles. The second-order valence-electron chi connectivity index (χ2n) is 6.33. The lowest BCUT2D eigenvalue weighted by Gasteiger charge is -2.02. The predicted molar refractivity (Wildman–Crippen MR) is 110 cm³/mol. The van der Waals surface area contributed by atoms with Crippen LogP contribution in [-0.2, 0) is 9.59 Å². The maximum absolute atomic E-state index is 13.3. The quantitative estimate of drug-likeness (QED) is 0.480. The van der Waals surface area contributed by atoms with Crippen LogP contribution in [-0.4, -0.2) is 34.7 Å². The zero-order valence-corrected chi connectivity index (χ0v) is 15.9. The topological polar surface area (TPSA) is 76.0 Å². The Morgan fingerprint density at radius 1 is 1.03 bits per heavy atom. The van der Waals surface area contributed by atoms with Gasteiger partial charge < -0.3 is 10.6 Å². The summed E-state index contributed by atoms with van der Waals surface area (Å²) in [6.07, 6.45) is 4.89. The van der Waals surface area contributed by atoms with Crippen molar-refractivity contribution in [3.05, 3.63) is 78.3 Å². The molecule has 1 aromatic heterocycles. The number of rotatable bonds is 7. The Morgan fingerprint density at radius 3 is 2.41 bits per heavy atom. The first kappa shape index (κ1) is 20.0. The number of para-hydroxylation sites is 1. The molecule has 0 bridgehead atoms. The molecule has 0 aliphatic carbocycles. The molecule has 1 heterocycles. The van der Waals surface area contributed by atoms with E-state index in [-0.39, 0.29) is 17.6 Å². The van der Waals surface area contributed by atoms with E-state index < -0.39 is 0 Å². The molecular formula is C22H21FN4O2. The monoisotopic (exact) mass is 392 g/mol. The molecule has 2 amide bonds. The number of halogens is 1. The summed E-state index contributed by atoms with van der Waals surface area (Å²) in [7, 11) is 0. The molecule has 0 saturated carbocycles. The van der Waals surface area contributed by atoms with Gasteiger partial charge >= 0.3 is 0 Å². The molecule has 0 unspecified atom stereocenters. The molecule has 0 fully saturated rings. The van der Waals surface area contributed by atoms with Crippen molar-refractivity contribution in [3.63, 3.8) is 0 Å². The highest BCUT2D eigenvalue weighted by Crippen LogP contribution is 2.25. The standard InChI is InChI=1S/C22H21FN4O2/c1-16(28)24-13-14-25-21(29)12-9-18-15-27(20-5-3-2-4-6-20)26-22(18)17-7-10-19(23)11-8-17/h2-12,15H,13-14H2,1H3,(H,24,28)(H,25,29)/b12-9+. The molecule has 0 atom stereocenters. The molecule has 0 aliphatic rings. The van der Waals surface area contributed by atoms with Gasteiger partial charge in [-0.3, -0.25) is 9.59 Å². The molecule has 148 valence electrons. The molecule has 3 aromatic rings. The lowest BCUT2D eigenvalue weighted by atomic mass is 10.1. The number of carbonyl (C=O) groups excluding carboxylic acids is 2. The maximum atomic E-state index is 13.3. The first-order chi connectivity index (χ1) is 14.0. The van der Waals surface area contributed by atoms with E-state index in [1.165, 1.54) is 25.1 Å². The third kappa shape index (κ3) is 5.62. The van der Waals surface area contributed by atoms with Crippen molar-refractivity contribution in [1.29, 1.82) is 0 Å². The Balaban J connectivity index is 1.82. The van der Waals surface area contributed by atoms with E-state index in [0.717, 1.165) is 16.8 Å².